The summed E-state index contributed by atoms with van der Waals surface area (Å²) in [5, 5.41) is 11.6. The number of rotatable bonds is 7. The second-order valence-electron chi connectivity index (χ2n) is 12.8. The number of fused-ring (bicyclic) bond motifs is 3. The van der Waals surface area contributed by atoms with Crippen molar-refractivity contribution in [3.8, 4) is 0 Å². The smallest absolute Gasteiger partial charge is 0.309 e. The fourth-order valence-corrected chi connectivity index (χ4v) is 8.29. The molecule has 1 N–H and O–H groups in total. The Morgan fingerprint density at radius 1 is 1.10 bits per heavy atom. The topological polar surface area (TPSA) is 130 Å². The fraction of sp³-hybridized carbons (Fsp3) is 0.897. The summed E-state index contributed by atoms with van der Waals surface area (Å²) in [4.78, 5) is 37.7. The number of aliphatic hydroxyl groups is 1. The zero-order chi connectivity index (χ0) is 28.3. The van der Waals surface area contributed by atoms with E-state index >= 15 is 0 Å². The number of carbonyl (C=O) groups is 3. The highest BCUT2D eigenvalue weighted by Crippen LogP contribution is 2.70. The first-order valence-electron chi connectivity index (χ1n) is 14.5. The van der Waals surface area contributed by atoms with Crippen molar-refractivity contribution in [1.29, 1.82) is 0 Å². The van der Waals surface area contributed by atoms with Crippen LogP contribution >= 0.6 is 0 Å². The van der Waals surface area contributed by atoms with Crippen molar-refractivity contribution in [2.24, 2.45) is 34.5 Å². The minimum Gasteiger partial charge on any atom is -0.465 e. The van der Waals surface area contributed by atoms with Crippen LogP contribution < -0.4 is 0 Å². The van der Waals surface area contributed by atoms with E-state index in [1.807, 2.05) is 6.92 Å². The van der Waals surface area contributed by atoms with Gasteiger partial charge in [0.1, 0.15) is 18.3 Å². The number of epoxide rings is 1. The third-order valence-electron chi connectivity index (χ3n) is 10.9. The highest BCUT2D eigenvalue weighted by Gasteiger charge is 2.81. The molecule has 0 bridgehead atoms. The van der Waals surface area contributed by atoms with Gasteiger partial charge in [0.05, 0.1) is 36.8 Å². The van der Waals surface area contributed by atoms with E-state index < -0.39 is 52.7 Å². The van der Waals surface area contributed by atoms with Crippen molar-refractivity contribution in [3.05, 3.63) is 0 Å². The number of carbonyl (C=O) groups excluding carboxylic acids is 3. The van der Waals surface area contributed by atoms with Gasteiger partial charge in [0.25, 0.3) is 0 Å². The van der Waals surface area contributed by atoms with Gasteiger partial charge in [-0.3, -0.25) is 14.4 Å². The highest BCUT2D eigenvalue weighted by atomic mass is 16.7. The molecule has 0 radical (unpaired) electrons. The normalized spacial score (nSPS) is 47.2. The third-order valence-corrected chi connectivity index (χ3v) is 10.9. The number of aliphatic hydroxyl groups excluding tert-OH is 1. The molecule has 5 aliphatic rings. The lowest BCUT2D eigenvalue weighted by Gasteiger charge is -2.65. The second-order valence-corrected chi connectivity index (χ2v) is 12.8. The Labute approximate surface area is 230 Å². The summed E-state index contributed by atoms with van der Waals surface area (Å²) in [6, 6.07) is 0. The van der Waals surface area contributed by atoms with Gasteiger partial charge in [-0.05, 0) is 43.9 Å². The number of esters is 3. The number of hydrogen-bond donors (Lipinski definition) is 1. The van der Waals surface area contributed by atoms with Crippen molar-refractivity contribution in [1.82, 2.24) is 0 Å². The molecule has 0 aromatic carbocycles. The lowest BCUT2D eigenvalue weighted by atomic mass is 9.41. The standard InChI is InChI=1S/C29H44O10/c1-7-15(2)25(33)39-24-20(32)12-21-27(6,22-11-19-8-9-34-26(19)38-22)16(3)10-23(37-18(5)31)28(21,13-35-17(4)30)29(24)14-36-29/h15-16,19-24,26,32H,7-14H2,1-6H3/t15-,16+,19+,20+,21+,22-,23-,24-,26-,27-,28-,29+/m1/s1. The molecule has 0 aromatic rings. The Balaban J connectivity index is 1.62. The molecule has 3 heterocycles. The lowest BCUT2D eigenvalue weighted by molar-refractivity contribution is -0.285. The Morgan fingerprint density at radius 3 is 2.41 bits per heavy atom. The maximum Gasteiger partial charge on any atom is 0.309 e. The molecule has 1 spiro atoms. The van der Waals surface area contributed by atoms with Crippen molar-refractivity contribution in [2.75, 3.05) is 19.8 Å². The summed E-state index contributed by atoms with van der Waals surface area (Å²) in [6.07, 6.45) is -0.0393. The van der Waals surface area contributed by atoms with Crippen LogP contribution in [0, 0.1) is 34.5 Å². The van der Waals surface area contributed by atoms with Gasteiger partial charge in [0.2, 0.25) is 0 Å². The van der Waals surface area contributed by atoms with Gasteiger partial charge >= 0.3 is 17.9 Å². The van der Waals surface area contributed by atoms with Crippen LogP contribution in [0.25, 0.3) is 0 Å². The summed E-state index contributed by atoms with van der Waals surface area (Å²) < 4.78 is 36.4. The molecule has 10 heteroatoms. The lowest BCUT2D eigenvalue weighted by Crippen LogP contribution is -2.74. The van der Waals surface area contributed by atoms with Crippen LogP contribution in [0.1, 0.15) is 73.6 Å². The zero-order valence-electron chi connectivity index (χ0n) is 24.0. The van der Waals surface area contributed by atoms with E-state index in [9.17, 15) is 19.5 Å². The molecule has 0 aromatic heterocycles. The van der Waals surface area contributed by atoms with Crippen LogP contribution in [0.4, 0.5) is 0 Å². The zero-order valence-corrected chi connectivity index (χ0v) is 24.0. The first-order valence-corrected chi connectivity index (χ1v) is 14.5. The molecule has 10 nitrogen and oxygen atoms in total. The first kappa shape index (κ1) is 28.8. The minimum absolute atomic E-state index is 0.0309. The molecule has 2 saturated carbocycles. The maximum atomic E-state index is 13.0. The molecule has 12 atom stereocenters. The Kier molecular flexibility index (Phi) is 7.57. The van der Waals surface area contributed by atoms with Crippen LogP contribution in [-0.2, 0) is 42.8 Å². The summed E-state index contributed by atoms with van der Waals surface area (Å²) in [6.45, 7) is 11.5. The van der Waals surface area contributed by atoms with Crippen LogP contribution in [-0.4, -0.2) is 79.1 Å². The molecule has 5 rings (SSSR count). The Morgan fingerprint density at radius 2 is 1.82 bits per heavy atom. The average Bonchev–Trinajstić information content (AvgIpc) is 3.36. The first-order chi connectivity index (χ1) is 18.4. The predicted octanol–water partition coefficient (Wildman–Crippen LogP) is 2.77. The molecule has 3 saturated heterocycles. The van der Waals surface area contributed by atoms with Crippen molar-refractivity contribution in [3.63, 3.8) is 0 Å². The number of ether oxygens (including phenoxy) is 6. The molecule has 0 unspecified atom stereocenters. The van der Waals surface area contributed by atoms with Gasteiger partial charge in [0.15, 0.2) is 12.4 Å². The highest BCUT2D eigenvalue weighted by molar-refractivity contribution is 5.72. The van der Waals surface area contributed by atoms with E-state index in [1.54, 1.807) is 6.92 Å². The van der Waals surface area contributed by atoms with E-state index in [0.717, 1.165) is 12.8 Å². The summed E-state index contributed by atoms with van der Waals surface area (Å²) >= 11 is 0. The van der Waals surface area contributed by atoms with Gasteiger partial charge in [0, 0.05) is 25.2 Å². The van der Waals surface area contributed by atoms with Crippen LogP contribution in [0.3, 0.4) is 0 Å². The maximum absolute atomic E-state index is 13.0. The molecule has 5 fully saturated rings. The monoisotopic (exact) mass is 552 g/mol. The van der Waals surface area contributed by atoms with E-state index in [0.29, 0.717) is 25.4 Å². The van der Waals surface area contributed by atoms with Crippen molar-refractivity contribution in [2.45, 2.75) is 110 Å². The Bertz CT molecular complexity index is 967. The quantitative estimate of drug-likeness (QED) is 0.286. The SMILES string of the molecule is CC[C@@H](C)C(=O)O[C@@H]1[C@@H](O)C[C@H]2[C@](C)([C@H]3C[C@@H]4CCO[C@@H]4O3)[C@@H](C)C[C@@H](OC(C)=O)[C@]2(COC(C)=O)[C@]12CO2. The largest absolute Gasteiger partial charge is 0.465 e. The minimum atomic E-state index is -1.18. The average molecular weight is 553 g/mol. The van der Waals surface area contributed by atoms with E-state index in [2.05, 4.69) is 13.8 Å². The van der Waals surface area contributed by atoms with Gasteiger partial charge in [-0.2, -0.15) is 0 Å². The number of hydrogen-bond acceptors (Lipinski definition) is 10. The van der Waals surface area contributed by atoms with Crippen LogP contribution in [0.2, 0.25) is 0 Å². The Hall–Kier alpha value is -1.75. The molecule has 220 valence electrons. The van der Waals surface area contributed by atoms with Crippen molar-refractivity contribution >= 4 is 17.9 Å². The molecule has 0 amide bonds. The van der Waals surface area contributed by atoms with Gasteiger partial charge < -0.3 is 33.5 Å². The van der Waals surface area contributed by atoms with E-state index in [4.69, 9.17) is 28.4 Å². The van der Waals surface area contributed by atoms with Gasteiger partial charge in [-0.1, -0.05) is 27.7 Å². The summed E-state index contributed by atoms with van der Waals surface area (Å²) in [7, 11) is 0. The van der Waals surface area contributed by atoms with E-state index in [-0.39, 0.29) is 49.8 Å². The summed E-state index contributed by atoms with van der Waals surface area (Å²) in [5.41, 5.74) is -2.75. The van der Waals surface area contributed by atoms with Gasteiger partial charge in [-0.25, -0.2) is 0 Å². The molecule has 2 aliphatic carbocycles. The predicted molar refractivity (Wildman–Crippen MR) is 136 cm³/mol. The second kappa shape index (κ2) is 10.3. The van der Waals surface area contributed by atoms with Crippen molar-refractivity contribution < 1.29 is 47.9 Å². The van der Waals surface area contributed by atoms with Crippen LogP contribution in [0.15, 0.2) is 0 Å². The molecule has 3 aliphatic heterocycles. The molecular formula is C29H44O10. The summed E-state index contributed by atoms with van der Waals surface area (Å²) in [5.74, 6) is -1.70. The third kappa shape index (κ3) is 4.41. The van der Waals surface area contributed by atoms with E-state index in [1.165, 1.54) is 13.8 Å². The fourth-order valence-electron chi connectivity index (χ4n) is 8.29. The molecular weight excluding hydrogens is 508 g/mol. The van der Waals surface area contributed by atoms with Gasteiger partial charge in [-0.15, -0.1) is 0 Å². The molecule has 39 heavy (non-hydrogen) atoms. The van der Waals surface area contributed by atoms with Crippen LogP contribution in [0.5, 0.6) is 0 Å².